The number of ether oxygens (including phenoxy) is 1. The summed E-state index contributed by atoms with van der Waals surface area (Å²) < 4.78 is 24.7. The van der Waals surface area contributed by atoms with E-state index in [0.717, 1.165) is 17.6 Å². The number of amides is 1. The minimum atomic E-state index is -0.534. The van der Waals surface area contributed by atoms with E-state index < -0.39 is 5.82 Å². The Labute approximate surface area is 149 Å². The van der Waals surface area contributed by atoms with Gasteiger partial charge in [-0.2, -0.15) is 0 Å². The van der Waals surface area contributed by atoms with Crippen LogP contribution >= 0.6 is 0 Å². The summed E-state index contributed by atoms with van der Waals surface area (Å²) in [5.41, 5.74) is 1.05. The SMILES string of the molecule is O=C(c1cncc(F)c1)N1CCc2nc(COc3ccccc3)oc2C1. The Morgan fingerprint density at radius 2 is 2.12 bits per heavy atom. The van der Waals surface area contributed by atoms with E-state index in [4.69, 9.17) is 9.15 Å². The third-order valence-corrected chi connectivity index (χ3v) is 4.12. The molecule has 26 heavy (non-hydrogen) atoms. The number of carbonyl (C=O) groups is 1. The Balaban J connectivity index is 1.44. The van der Waals surface area contributed by atoms with Crippen LogP contribution in [0.25, 0.3) is 0 Å². The van der Waals surface area contributed by atoms with Gasteiger partial charge in [0.25, 0.3) is 5.91 Å². The molecule has 0 fully saturated rings. The summed E-state index contributed by atoms with van der Waals surface area (Å²) in [4.78, 5) is 22.3. The summed E-state index contributed by atoms with van der Waals surface area (Å²) in [6.07, 6.45) is 3.01. The van der Waals surface area contributed by atoms with Crippen molar-refractivity contribution in [2.45, 2.75) is 19.6 Å². The second-order valence-corrected chi connectivity index (χ2v) is 5.95. The van der Waals surface area contributed by atoms with Gasteiger partial charge in [0, 0.05) is 19.2 Å². The van der Waals surface area contributed by atoms with Crippen LogP contribution in [0.5, 0.6) is 5.75 Å². The normalized spacial score (nSPS) is 13.3. The van der Waals surface area contributed by atoms with E-state index in [1.165, 1.54) is 12.3 Å². The molecule has 0 radical (unpaired) electrons. The zero-order valence-electron chi connectivity index (χ0n) is 13.9. The summed E-state index contributed by atoms with van der Waals surface area (Å²) >= 11 is 0. The van der Waals surface area contributed by atoms with Gasteiger partial charge in [0.1, 0.15) is 17.3 Å². The number of halogens is 1. The third-order valence-electron chi connectivity index (χ3n) is 4.12. The number of nitrogens with zero attached hydrogens (tertiary/aromatic N) is 3. The minimum Gasteiger partial charge on any atom is -0.484 e. The zero-order chi connectivity index (χ0) is 17.9. The number of oxazole rings is 1. The van der Waals surface area contributed by atoms with Crippen LogP contribution < -0.4 is 4.74 Å². The lowest BCUT2D eigenvalue weighted by atomic mass is 10.1. The Bertz CT molecular complexity index is 927. The van der Waals surface area contributed by atoms with Crippen LogP contribution in [0.2, 0.25) is 0 Å². The molecular weight excluding hydrogens is 337 g/mol. The van der Waals surface area contributed by atoms with E-state index in [1.54, 1.807) is 4.90 Å². The maximum atomic E-state index is 13.3. The minimum absolute atomic E-state index is 0.221. The van der Waals surface area contributed by atoms with Crippen molar-refractivity contribution in [2.24, 2.45) is 0 Å². The number of pyridine rings is 1. The molecule has 3 aromatic rings. The molecule has 3 heterocycles. The van der Waals surface area contributed by atoms with Gasteiger partial charge >= 0.3 is 0 Å². The number of fused-ring (bicyclic) bond motifs is 1. The number of aromatic nitrogens is 2. The maximum absolute atomic E-state index is 13.3. The molecule has 1 aliphatic heterocycles. The van der Waals surface area contributed by atoms with Crippen molar-refractivity contribution < 1.29 is 18.3 Å². The highest BCUT2D eigenvalue weighted by Crippen LogP contribution is 2.22. The van der Waals surface area contributed by atoms with E-state index in [-0.39, 0.29) is 18.1 Å². The van der Waals surface area contributed by atoms with E-state index in [2.05, 4.69) is 9.97 Å². The van der Waals surface area contributed by atoms with Crippen LogP contribution in [0.1, 0.15) is 27.7 Å². The number of para-hydroxylation sites is 1. The molecule has 132 valence electrons. The number of carbonyl (C=O) groups excluding carboxylic acids is 1. The molecule has 1 aromatic carbocycles. The first kappa shape index (κ1) is 16.3. The average molecular weight is 353 g/mol. The van der Waals surface area contributed by atoms with Gasteiger partial charge < -0.3 is 14.1 Å². The van der Waals surface area contributed by atoms with Gasteiger partial charge in [-0.05, 0) is 18.2 Å². The van der Waals surface area contributed by atoms with Crippen molar-refractivity contribution in [3.8, 4) is 5.75 Å². The molecule has 0 saturated heterocycles. The first-order valence-corrected chi connectivity index (χ1v) is 8.24. The molecule has 1 aliphatic rings. The molecular formula is C19H16FN3O3. The summed E-state index contributed by atoms with van der Waals surface area (Å²) in [6, 6.07) is 10.6. The Kier molecular flexibility index (Phi) is 4.35. The molecule has 1 amide bonds. The van der Waals surface area contributed by atoms with Gasteiger partial charge in [-0.25, -0.2) is 9.37 Å². The molecule has 0 unspecified atom stereocenters. The van der Waals surface area contributed by atoms with Crippen molar-refractivity contribution >= 4 is 5.91 Å². The number of rotatable bonds is 4. The van der Waals surface area contributed by atoms with Crippen molar-refractivity contribution in [3.63, 3.8) is 0 Å². The lowest BCUT2D eigenvalue weighted by Gasteiger charge is -2.25. The maximum Gasteiger partial charge on any atom is 0.255 e. The fourth-order valence-corrected chi connectivity index (χ4v) is 2.86. The van der Waals surface area contributed by atoms with E-state index in [1.807, 2.05) is 30.3 Å². The molecule has 0 atom stereocenters. The van der Waals surface area contributed by atoms with Crippen LogP contribution in [0, 0.1) is 5.82 Å². The lowest BCUT2D eigenvalue weighted by Crippen LogP contribution is -2.35. The van der Waals surface area contributed by atoms with Crippen LogP contribution in [-0.2, 0) is 19.6 Å². The standard InChI is InChI=1S/C19H16FN3O3/c20-14-8-13(9-21-10-14)19(24)23-7-6-16-17(11-23)26-18(22-16)12-25-15-4-2-1-3-5-15/h1-5,8-10H,6-7,11-12H2. The molecule has 0 N–H and O–H groups in total. The third kappa shape index (κ3) is 3.42. The van der Waals surface area contributed by atoms with Crippen LogP contribution in [-0.4, -0.2) is 27.3 Å². The monoisotopic (exact) mass is 353 g/mol. The number of hydrogen-bond acceptors (Lipinski definition) is 5. The quantitative estimate of drug-likeness (QED) is 0.721. The first-order valence-electron chi connectivity index (χ1n) is 8.24. The Morgan fingerprint density at radius 3 is 2.92 bits per heavy atom. The van der Waals surface area contributed by atoms with Crippen LogP contribution in [0.3, 0.4) is 0 Å². The van der Waals surface area contributed by atoms with Gasteiger partial charge in [0.05, 0.1) is 24.0 Å². The zero-order valence-corrected chi connectivity index (χ0v) is 13.9. The smallest absolute Gasteiger partial charge is 0.255 e. The summed E-state index contributed by atoms with van der Waals surface area (Å²) in [5, 5.41) is 0. The van der Waals surface area contributed by atoms with Gasteiger partial charge in [-0.1, -0.05) is 18.2 Å². The highest BCUT2D eigenvalue weighted by molar-refractivity contribution is 5.94. The Hall–Kier alpha value is -3.22. The van der Waals surface area contributed by atoms with E-state index in [9.17, 15) is 9.18 Å². The van der Waals surface area contributed by atoms with Gasteiger partial charge in [0.15, 0.2) is 6.61 Å². The highest BCUT2D eigenvalue weighted by Gasteiger charge is 2.26. The van der Waals surface area contributed by atoms with Gasteiger partial charge in [0.2, 0.25) is 5.89 Å². The average Bonchev–Trinajstić information content (AvgIpc) is 3.08. The first-order chi connectivity index (χ1) is 12.7. The number of benzene rings is 1. The molecule has 0 bridgehead atoms. The van der Waals surface area contributed by atoms with Gasteiger partial charge in [-0.3, -0.25) is 9.78 Å². The topological polar surface area (TPSA) is 68.5 Å². The molecule has 7 heteroatoms. The molecule has 0 spiro atoms. The molecule has 4 rings (SSSR count). The predicted molar refractivity (Wildman–Crippen MR) is 89.9 cm³/mol. The molecule has 0 saturated carbocycles. The van der Waals surface area contributed by atoms with E-state index in [0.29, 0.717) is 31.2 Å². The van der Waals surface area contributed by atoms with Crippen molar-refractivity contribution in [2.75, 3.05) is 6.54 Å². The van der Waals surface area contributed by atoms with Crippen LogP contribution in [0.4, 0.5) is 4.39 Å². The van der Waals surface area contributed by atoms with E-state index >= 15 is 0 Å². The predicted octanol–water partition coefficient (Wildman–Crippen LogP) is 2.99. The second-order valence-electron chi connectivity index (χ2n) is 5.95. The lowest BCUT2D eigenvalue weighted by molar-refractivity contribution is 0.0717. The van der Waals surface area contributed by atoms with Crippen molar-refractivity contribution in [1.29, 1.82) is 0 Å². The van der Waals surface area contributed by atoms with Crippen molar-refractivity contribution in [1.82, 2.24) is 14.9 Å². The van der Waals surface area contributed by atoms with Gasteiger partial charge in [-0.15, -0.1) is 0 Å². The molecule has 6 nitrogen and oxygen atoms in total. The summed E-state index contributed by atoms with van der Waals surface area (Å²) in [5.74, 6) is 1.04. The molecule has 0 aliphatic carbocycles. The number of hydrogen-bond donors (Lipinski definition) is 0. The van der Waals surface area contributed by atoms with Crippen LogP contribution in [0.15, 0.2) is 53.2 Å². The fourth-order valence-electron chi connectivity index (χ4n) is 2.86. The summed E-state index contributed by atoms with van der Waals surface area (Å²) in [7, 11) is 0. The molecule has 2 aromatic heterocycles. The highest BCUT2D eigenvalue weighted by atomic mass is 19.1. The fraction of sp³-hybridized carbons (Fsp3) is 0.211. The summed E-state index contributed by atoms with van der Waals surface area (Å²) in [6.45, 7) is 1.01. The Morgan fingerprint density at radius 1 is 1.27 bits per heavy atom. The largest absolute Gasteiger partial charge is 0.484 e. The van der Waals surface area contributed by atoms with Crippen molar-refractivity contribution in [3.05, 3.63) is 77.5 Å². The second kappa shape index (κ2) is 6.95.